The number of aliphatic hydroxyl groups excluding tert-OH is 1. The third-order valence-electron chi connectivity index (χ3n) is 5.66. The van der Waals surface area contributed by atoms with Crippen LogP contribution in [0.2, 0.25) is 0 Å². The number of allylic oxidation sites excluding steroid dienone is 2. The fourth-order valence-electron chi connectivity index (χ4n) is 4.49. The van der Waals surface area contributed by atoms with Crippen molar-refractivity contribution in [3.63, 3.8) is 0 Å². The minimum Gasteiger partial charge on any atom is -0.494 e. The second-order valence-electron chi connectivity index (χ2n) is 7.19. The lowest BCUT2D eigenvalue weighted by atomic mass is 9.78. The Balaban J connectivity index is 1.70. The third kappa shape index (κ3) is 1.53. The van der Waals surface area contributed by atoms with Crippen LogP contribution < -0.4 is 0 Å². The largest absolute Gasteiger partial charge is 0.494 e. The minimum atomic E-state index is -0.993. The number of aliphatic imine (C=N–C) groups is 1. The van der Waals surface area contributed by atoms with Crippen molar-refractivity contribution in [2.45, 2.75) is 50.0 Å². The number of hydrogen-bond donors (Lipinski definition) is 3. The van der Waals surface area contributed by atoms with Gasteiger partial charge >= 0.3 is 0 Å². The Kier molecular flexibility index (Phi) is 2.61. The summed E-state index contributed by atoms with van der Waals surface area (Å²) in [4.78, 5) is 5.49. The van der Waals surface area contributed by atoms with Gasteiger partial charge in [-0.2, -0.15) is 0 Å². The molecule has 6 nitrogen and oxygen atoms in total. The number of ether oxygens (including phenoxy) is 1. The monoisotopic (exact) mass is 346 g/mol. The maximum atomic E-state index is 10.8. The number of rotatable bonds is 1. The molecule has 1 aliphatic carbocycles. The number of aromatic hydroxyl groups is 2. The van der Waals surface area contributed by atoms with E-state index >= 15 is 0 Å². The lowest BCUT2D eigenvalue weighted by molar-refractivity contribution is -0.0936. The Labute approximate surface area is 143 Å². The van der Waals surface area contributed by atoms with E-state index in [9.17, 15) is 15.3 Å². The smallest absolute Gasteiger partial charge is 0.205 e. The molecule has 0 aromatic carbocycles. The number of aliphatic hydroxyl groups is 1. The predicted octanol–water partition coefficient (Wildman–Crippen LogP) is 2.40. The van der Waals surface area contributed by atoms with Crippen molar-refractivity contribution in [1.29, 1.82) is 0 Å². The van der Waals surface area contributed by atoms with Crippen molar-refractivity contribution in [3.8, 4) is 11.8 Å². The van der Waals surface area contributed by atoms with E-state index < -0.39 is 17.3 Å². The first-order chi connectivity index (χ1) is 11.3. The molecule has 3 N–H and O–H groups in total. The number of nitrogens with zero attached hydrogens (tertiary/aromatic N) is 2. The summed E-state index contributed by atoms with van der Waals surface area (Å²) < 4.78 is 7.46. The minimum absolute atomic E-state index is 0.00825. The molecule has 0 spiro atoms. The van der Waals surface area contributed by atoms with Crippen LogP contribution >= 0.6 is 11.8 Å². The van der Waals surface area contributed by atoms with Crippen LogP contribution in [0.5, 0.6) is 11.8 Å². The molecule has 3 aliphatic heterocycles. The van der Waals surface area contributed by atoms with Crippen molar-refractivity contribution in [2.75, 3.05) is 0 Å². The van der Waals surface area contributed by atoms with E-state index in [0.29, 0.717) is 17.5 Å². The third-order valence-corrected chi connectivity index (χ3v) is 6.55. The van der Waals surface area contributed by atoms with Crippen molar-refractivity contribution in [3.05, 3.63) is 28.2 Å². The Morgan fingerprint density at radius 3 is 2.83 bits per heavy atom. The lowest BCUT2D eigenvalue weighted by Crippen LogP contribution is -2.32. The molecule has 0 saturated carbocycles. The van der Waals surface area contributed by atoms with Gasteiger partial charge in [-0.05, 0) is 26.3 Å². The van der Waals surface area contributed by atoms with Crippen LogP contribution in [0.4, 0.5) is 0 Å². The predicted molar refractivity (Wildman–Crippen MR) is 91.0 cm³/mol. The van der Waals surface area contributed by atoms with Gasteiger partial charge in [0.15, 0.2) is 0 Å². The molecule has 0 radical (unpaired) electrons. The lowest BCUT2D eigenvalue weighted by Gasteiger charge is -2.25. The fraction of sp³-hybridized carbons (Fsp3) is 0.471. The highest BCUT2D eigenvalue weighted by atomic mass is 32.2. The van der Waals surface area contributed by atoms with Crippen LogP contribution in [0, 0.1) is 0 Å². The fourth-order valence-corrected chi connectivity index (χ4v) is 5.32. The van der Waals surface area contributed by atoms with Crippen LogP contribution in [-0.2, 0) is 15.9 Å². The van der Waals surface area contributed by atoms with E-state index in [1.54, 1.807) is 18.7 Å². The molecule has 1 unspecified atom stereocenters. The normalized spacial score (nSPS) is 39.0. The highest BCUT2D eigenvalue weighted by Crippen LogP contribution is 2.64. The van der Waals surface area contributed by atoms with E-state index in [1.165, 1.54) is 4.57 Å². The zero-order valence-electron chi connectivity index (χ0n) is 13.4. The van der Waals surface area contributed by atoms with E-state index in [4.69, 9.17) is 4.74 Å². The molecule has 1 fully saturated rings. The molecule has 4 heterocycles. The summed E-state index contributed by atoms with van der Waals surface area (Å²) >= 11 is 1.57. The first-order valence-corrected chi connectivity index (χ1v) is 8.89. The number of hydrogen-bond acceptors (Lipinski definition) is 6. The Morgan fingerprint density at radius 2 is 2.04 bits per heavy atom. The highest BCUT2D eigenvalue weighted by molar-refractivity contribution is 8.15. The second kappa shape index (κ2) is 4.28. The maximum absolute atomic E-state index is 10.8. The average molecular weight is 346 g/mol. The van der Waals surface area contributed by atoms with Crippen molar-refractivity contribution in [2.24, 2.45) is 4.99 Å². The SMILES string of the molecule is C[C@]12C[C@H](O)[C@](C)(O1)c1c2c(O)n(C2=CCC3N=CSC3=C2)c1O. The van der Waals surface area contributed by atoms with Gasteiger partial charge in [-0.25, -0.2) is 0 Å². The summed E-state index contributed by atoms with van der Waals surface area (Å²) in [6, 6.07) is 0.154. The van der Waals surface area contributed by atoms with Gasteiger partial charge in [0.2, 0.25) is 11.8 Å². The summed E-state index contributed by atoms with van der Waals surface area (Å²) in [5.74, 6) is -0.0657. The van der Waals surface area contributed by atoms with Gasteiger partial charge in [0.05, 0.1) is 34.4 Å². The molecule has 24 heavy (non-hydrogen) atoms. The molecular formula is C17H18N2O4S. The van der Waals surface area contributed by atoms with Crippen LogP contribution in [-0.4, -0.2) is 37.6 Å². The van der Waals surface area contributed by atoms with Gasteiger partial charge in [0.1, 0.15) is 5.60 Å². The Morgan fingerprint density at radius 1 is 1.29 bits per heavy atom. The van der Waals surface area contributed by atoms with Gasteiger partial charge in [-0.3, -0.25) is 9.56 Å². The topological polar surface area (TPSA) is 87.2 Å². The van der Waals surface area contributed by atoms with Gasteiger partial charge in [0, 0.05) is 17.0 Å². The zero-order valence-corrected chi connectivity index (χ0v) is 14.2. The number of aromatic nitrogens is 1. The van der Waals surface area contributed by atoms with E-state index in [-0.39, 0.29) is 17.8 Å². The highest BCUT2D eigenvalue weighted by Gasteiger charge is 2.64. The molecule has 1 saturated heterocycles. The molecule has 2 bridgehead atoms. The molecule has 126 valence electrons. The molecule has 1 aromatic rings. The van der Waals surface area contributed by atoms with E-state index in [1.807, 2.05) is 24.6 Å². The van der Waals surface area contributed by atoms with Gasteiger partial charge in [-0.15, -0.1) is 0 Å². The molecule has 7 heteroatoms. The molecule has 5 rings (SSSR count). The summed E-state index contributed by atoms with van der Waals surface area (Å²) in [5, 5.41) is 32.1. The summed E-state index contributed by atoms with van der Waals surface area (Å²) in [6.07, 6.45) is 4.34. The molecule has 4 atom stereocenters. The quantitative estimate of drug-likeness (QED) is 0.727. The van der Waals surface area contributed by atoms with E-state index in [2.05, 4.69) is 4.99 Å². The maximum Gasteiger partial charge on any atom is 0.205 e. The van der Waals surface area contributed by atoms with Crippen molar-refractivity contribution in [1.82, 2.24) is 4.57 Å². The Bertz CT molecular complexity index is 870. The van der Waals surface area contributed by atoms with E-state index in [0.717, 1.165) is 17.0 Å². The summed E-state index contributed by atoms with van der Waals surface area (Å²) in [6.45, 7) is 3.61. The molecule has 0 amide bonds. The number of thioether (sulfide) groups is 1. The molecule has 1 aromatic heterocycles. The standard InChI is InChI=1S/C17H18N2O4S/c1-16-6-11(20)17(2,23-16)13-12(16)14(21)19(15(13)22)8-3-4-9-10(5-8)24-7-18-9/h3,5,7,9,11,20-22H,4,6H2,1-2H3/t9?,11-,16+,17-/m0/s1. The molecular weight excluding hydrogens is 328 g/mol. The first kappa shape index (κ1) is 14.6. The van der Waals surface area contributed by atoms with Gasteiger partial charge < -0.3 is 20.1 Å². The summed E-state index contributed by atoms with van der Waals surface area (Å²) in [7, 11) is 0. The van der Waals surface area contributed by atoms with Gasteiger partial charge in [-0.1, -0.05) is 17.8 Å². The number of fused-ring (bicyclic) bond motifs is 6. The average Bonchev–Trinajstić information content (AvgIpc) is 3.19. The van der Waals surface area contributed by atoms with Crippen LogP contribution in [0.1, 0.15) is 37.8 Å². The Hall–Kier alpha value is -1.70. The van der Waals surface area contributed by atoms with Crippen LogP contribution in [0.25, 0.3) is 5.70 Å². The van der Waals surface area contributed by atoms with Gasteiger partial charge in [0.25, 0.3) is 0 Å². The second-order valence-corrected chi connectivity index (χ2v) is 8.11. The molecule has 4 aliphatic rings. The van der Waals surface area contributed by atoms with Crippen LogP contribution in [0.15, 0.2) is 22.0 Å². The first-order valence-electron chi connectivity index (χ1n) is 8.01. The zero-order chi connectivity index (χ0) is 16.9. The summed E-state index contributed by atoms with van der Waals surface area (Å²) in [5.41, 5.74) is 1.86. The van der Waals surface area contributed by atoms with Crippen LogP contribution in [0.3, 0.4) is 0 Å². The van der Waals surface area contributed by atoms with Crippen molar-refractivity contribution >= 4 is 23.0 Å². The van der Waals surface area contributed by atoms with Crippen molar-refractivity contribution < 1.29 is 20.1 Å².